The Morgan fingerprint density at radius 2 is 1.83 bits per heavy atom. The minimum atomic E-state index is 0.178. The smallest absolute Gasteiger partial charge is 0.189 e. The van der Waals surface area contributed by atoms with Crippen LogP contribution in [-0.2, 0) is 6.42 Å². The number of carbonyl (C=O) groups excluding carboxylic acids is 1. The van der Waals surface area contributed by atoms with E-state index in [1.807, 2.05) is 24.3 Å². The predicted octanol–water partition coefficient (Wildman–Crippen LogP) is 5.22. The average Bonchev–Trinajstić information content (AvgIpc) is 2.99. The molecule has 3 heteroatoms. The highest BCUT2D eigenvalue weighted by atomic mass is 32.2. The van der Waals surface area contributed by atoms with E-state index in [2.05, 4.69) is 48.2 Å². The van der Waals surface area contributed by atoms with E-state index in [-0.39, 0.29) is 5.78 Å². The largest absolute Gasteiger partial charge is 0.335 e. The average molecular weight is 333 g/mol. The van der Waals surface area contributed by atoms with Gasteiger partial charge in [0, 0.05) is 22.6 Å². The Morgan fingerprint density at radius 3 is 2.71 bits per heavy atom. The summed E-state index contributed by atoms with van der Waals surface area (Å²) in [5, 5.41) is 1.19. The molecular weight excluding hydrogens is 314 g/mol. The van der Waals surface area contributed by atoms with Crippen LogP contribution < -0.4 is 4.90 Å². The van der Waals surface area contributed by atoms with Crippen molar-refractivity contribution < 1.29 is 4.79 Å². The van der Waals surface area contributed by atoms with Gasteiger partial charge in [-0.2, -0.15) is 0 Å². The van der Waals surface area contributed by atoms with Gasteiger partial charge >= 0.3 is 0 Å². The number of anilines is 1. The molecule has 4 rings (SSSR count). The van der Waals surface area contributed by atoms with Crippen LogP contribution in [0.25, 0.3) is 0 Å². The minimum Gasteiger partial charge on any atom is -0.335 e. The Labute approximate surface area is 146 Å². The molecule has 24 heavy (non-hydrogen) atoms. The summed E-state index contributed by atoms with van der Waals surface area (Å²) in [4.78, 5) is 16.3. The van der Waals surface area contributed by atoms with Gasteiger partial charge in [0.25, 0.3) is 0 Å². The van der Waals surface area contributed by atoms with E-state index in [1.165, 1.54) is 21.2 Å². The fourth-order valence-corrected chi connectivity index (χ4v) is 4.48. The number of hydrogen-bond donors (Lipinski definition) is 0. The van der Waals surface area contributed by atoms with Crippen LogP contribution in [0.5, 0.6) is 0 Å². The second-order valence-corrected chi connectivity index (χ2v) is 7.06. The van der Waals surface area contributed by atoms with Crippen molar-refractivity contribution in [2.45, 2.75) is 24.7 Å². The minimum absolute atomic E-state index is 0.178. The molecule has 0 N–H and O–H groups in total. The lowest BCUT2D eigenvalue weighted by Gasteiger charge is -2.18. The maximum atomic E-state index is 12.7. The van der Waals surface area contributed by atoms with Gasteiger partial charge in [-0.3, -0.25) is 4.79 Å². The third-order valence-electron chi connectivity index (χ3n) is 4.60. The molecule has 0 unspecified atom stereocenters. The van der Waals surface area contributed by atoms with Crippen molar-refractivity contribution in [2.75, 3.05) is 11.4 Å². The second-order valence-electron chi connectivity index (χ2n) is 6.00. The van der Waals surface area contributed by atoms with Gasteiger partial charge < -0.3 is 4.90 Å². The van der Waals surface area contributed by atoms with Gasteiger partial charge in [-0.05, 0) is 43.5 Å². The normalized spacial score (nSPS) is 19.7. The predicted molar refractivity (Wildman–Crippen MR) is 101 cm³/mol. The first-order chi connectivity index (χ1) is 11.8. The fourth-order valence-electron chi connectivity index (χ4n) is 3.35. The molecule has 0 bridgehead atoms. The third-order valence-corrected chi connectivity index (χ3v) is 5.73. The highest BCUT2D eigenvalue weighted by molar-refractivity contribution is 8.03. The third kappa shape index (κ3) is 2.59. The van der Waals surface area contributed by atoms with Crippen molar-refractivity contribution in [1.29, 1.82) is 0 Å². The van der Waals surface area contributed by atoms with Gasteiger partial charge in [-0.25, -0.2) is 0 Å². The van der Waals surface area contributed by atoms with Crippen molar-refractivity contribution in [3.63, 3.8) is 0 Å². The van der Waals surface area contributed by atoms with E-state index in [9.17, 15) is 4.79 Å². The molecule has 0 saturated carbocycles. The molecule has 1 aliphatic heterocycles. The Balaban J connectivity index is 1.64. The van der Waals surface area contributed by atoms with Gasteiger partial charge in [0.2, 0.25) is 0 Å². The first kappa shape index (κ1) is 15.3. The van der Waals surface area contributed by atoms with Crippen LogP contribution in [0.2, 0.25) is 0 Å². The van der Waals surface area contributed by atoms with E-state index in [0.29, 0.717) is 0 Å². The van der Waals surface area contributed by atoms with Crippen molar-refractivity contribution in [1.82, 2.24) is 0 Å². The molecule has 2 nitrogen and oxygen atoms in total. The highest BCUT2D eigenvalue weighted by Gasteiger charge is 2.24. The molecule has 1 heterocycles. The number of Topliss-reactive ketones (excluding diaryl/α,β-unsaturated/α-hetero) is 1. The molecule has 0 spiro atoms. The van der Waals surface area contributed by atoms with Gasteiger partial charge in [0.1, 0.15) is 0 Å². The van der Waals surface area contributed by atoms with Gasteiger partial charge in [0.15, 0.2) is 5.78 Å². The number of thioether (sulfide) groups is 1. The summed E-state index contributed by atoms with van der Waals surface area (Å²) < 4.78 is 0. The molecule has 0 atom stereocenters. The van der Waals surface area contributed by atoms with Crippen molar-refractivity contribution >= 4 is 23.2 Å². The number of hydrogen-bond acceptors (Lipinski definition) is 3. The number of fused-ring (bicyclic) bond motifs is 2. The van der Waals surface area contributed by atoms with Crippen molar-refractivity contribution in [3.8, 4) is 0 Å². The molecule has 0 amide bonds. The number of allylic oxidation sites excluding steroid dienone is 3. The van der Waals surface area contributed by atoms with Crippen molar-refractivity contribution in [2.24, 2.45) is 0 Å². The number of aryl methyl sites for hydroxylation is 1. The SMILES string of the molecule is CCN1/C(=C/C=C2\CCc3ccccc3C2=O)Sc2ccccc21. The van der Waals surface area contributed by atoms with E-state index in [0.717, 1.165) is 30.5 Å². The fraction of sp³-hybridized carbons (Fsp3) is 0.190. The molecule has 2 aromatic carbocycles. The monoisotopic (exact) mass is 333 g/mol. The lowest BCUT2D eigenvalue weighted by Crippen LogP contribution is -2.16. The van der Waals surface area contributed by atoms with E-state index in [4.69, 9.17) is 0 Å². The Kier molecular flexibility index (Phi) is 4.03. The summed E-state index contributed by atoms with van der Waals surface area (Å²) in [5.74, 6) is 0.178. The van der Waals surface area contributed by atoms with Gasteiger partial charge in [-0.1, -0.05) is 54.2 Å². The second kappa shape index (κ2) is 6.33. The van der Waals surface area contributed by atoms with Crippen LogP contribution in [0, 0.1) is 0 Å². The van der Waals surface area contributed by atoms with E-state index in [1.54, 1.807) is 11.8 Å². The van der Waals surface area contributed by atoms with E-state index >= 15 is 0 Å². The maximum Gasteiger partial charge on any atom is 0.189 e. The molecule has 0 fully saturated rings. The quantitative estimate of drug-likeness (QED) is 0.703. The van der Waals surface area contributed by atoms with Gasteiger partial charge in [-0.15, -0.1) is 0 Å². The molecule has 0 radical (unpaired) electrons. The summed E-state index contributed by atoms with van der Waals surface area (Å²) >= 11 is 1.78. The topological polar surface area (TPSA) is 20.3 Å². The maximum absolute atomic E-state index is 12.7. The summed E-state index contributed by atoms with van der Waals surface area (Å²) in [6.07, 6.45) is 5.90. The number of ketones is 1. The van der Waals surface area contributed by atoms with Crippen molar-refractivity contribution in [3.05, 3.63) is 82.4 Å². The standard InChI is InChI=1S/C21H19NOS/c1-2-22-18-9-5-6-10-19(18)24-20(22)14-13-16-12-11-15-7-3-4-8-17(15)21(16)23/h3-10,13-14H,2,11-12H2,1H3/b16-13+,20-14-. The van der Waals surface area contributed by atoms with Crippen LogP contribution in [0.15, 0.2) is 76.2 Å². The van der Waals surface area contributed by atoms with Crippen LogP contribution >= 0.6 is 11.8 Å². The number of para-hydroxylation sites is 1. The Hall–Kier alpha value is -2.26. The molecule has 120 valence electrons. The van der Waals surface area contributed by atoms with Crippen LogP contribution in [-0.4, -0.2) is 12.3 Å². The summed E-state index contributed by atoms with van der Waals surface area (Å²) in [5.41, 5.74) is 4.21. The number of nitrogens with zero attached hydrogens (tertiary/aromatic N) is 1. The summed E-state index contributed by atoms with van der Waals surface area (Å²) in [6.45, 7) is 3.08. The zero-order valence-electron chi connectivity index (χ0n) is 13.7. The molecule has 1 aliphatic carbocycles. The van der Waals surface area contributed by atoms with Crippen LogP contribution in [0.4, 0.5) is 5.69 Å². The number of benzene rings is 2. The van der Waals surface area contributed by atoms with E-state index < -0.39 is 0 Å². The molecule has 0 aromatic heterocycles. The number of carbonyl (C=O) groups is 1. The zero-order valence-corrected chi connectivity index (χ0v) is 14.5. The zero-order chi connectivity index (χ0) is 16.5. The summed E-state index contributed by atoms with van der Waals surface area (Å²) in [7, 11) is 0. The molecule has 0 saturated heterocycles. The Bertz CT molecular complexity index is 866. The highest BCUT2D eigenvalue weighted by Crippen LogP contribution is 2.45. The first-order valence-corrected chi connectivity index (χ1v) is 9.17. The summed E-state index contributed by atoms with van der Waals surface area (Å²) in [6, 6.07) is 16.4. The molecule has 2 aliphatic rings. The molecule has 2 aromatic rings. The lowest BCUT2D eigenvalue weighted by molar-refractivity contribution is 0.102. The first-order valence-electron chi connectivity index (χ1n) is 8.36. The Morgan fingerprint density at radius 1 is 1.04 bits per heavy atom. The number of rotatable bonds is 2. The van der Waals surface area contributed by atoms with Crippen LogP contribution in [0.1, 0.15) is 29.3 Å². The lowest BCUT2D eigenvalue weighted by atomic mass is 9.87. The molecular formula is C21H19NOS. The van der Waals surface area contributed by atoms with Crippen LogP contribution in [0.3, 0.4) is 0 Å². The van der Waals surface area contributed by atoms with Gasteiger partial charge in [0.05, 0.1) is 10.7 Å².